The molecule has 1 aliphatic rings. The number of aromatic carboxylic acids is 1. The number of imide groups is 1. The van der Waals surface area contributed by atoms with Crippen LogP contribution in [0.15, 0.2) is 36.4 Å². The van der Waals surface area contributed by atoms with Gasteiger partial charge in [0.15, 0.2) is 0 Å². The maximum atomic E-state index is 12.5. The predicted molar refractivity (Wildman–Crippen MR) is 95.8 cm³/mol. The Morgan fingerprint density at radius 2 is 1.78 bits per heavy atom. The minimum Gasteiger partial charge on any atom is -0.545 e. The summed E-state index contributed by atoms with van der Waals surface area (Å²) in [5.41, 5.74) is 0.258. The fourth-order valence-electron chi connectivity index (χ4n) is 2.85. The molecule has 2 aromatic carbocycles. The molecule has 138 valence electrons. The van der Waals surface area contributed by atoms with Crippen molar-refractivity contribution in [2.45, 2.75) is 13.3 Å². The van der Waals surface area contributed by atoms with Crippen molar-refractivity contribution in [2.75, 3.05) is 11.9 Å². The van der Waals surface area contributed by atoms with Crippen LogP contribution in [0.1, 0.15) is 54.8 Å². The van der Waals surface area contributed by atoms with Crippen molar-refractivity contribution < 1.29 is 24.3 Å². The van der Waals surface area contributed by atoms with Gasteiger partial charge in [0.1, 0.15) is 0 Å². The van der Waals surface area contributed by atoms with Crippen molar-refractivity contribution >= 4 is 41.0 Å². The number of benzene rings is 2. The summed E-state index contributed by atoms with van der Waals surface area (Å²) in [4.78, 5) is 49.5. The Morgan fingerprint density at radius 3 is 2.44 bits per heavy atom. The molecule has 8 heteroatoms. The van der Waals surface area contributed by atoms with Crippen LogP contribution in [0.3, 0.4) is 0 Å². The molecule has 0 aromatic heterocycles. The number of fused-ring (bicyclic) bond motifs is 1. The Kier molecular flexibility index (Phi) is 4.96. The molecule has 0 unspecified atom stereocenters. The molecule has 7 nitrogen and oxygen atoms in total. The molecule has 0 saturated carbocycles. The number of nitrogens with one attached hydrogen (secondary N) is 1. The fourth-order valence-corrected chi connectivity index (χ4v) is 3.02. The van der Waals surface area contributed by atoms with Gasteiger partial charge in [-0.1, -0.05) is 18.5 Å². The van der Waals surface area contributed by atoms with Gasteiger partial charge < -0.3 is 15.2 Å². The summed E-state index contributed by atoms with van der Waals surface area (Å²) in [6.07, 6.45) is 0.626. The maximum absolute atomic E-state index is 12.5. The molecule has 0 atom stereocenters. The number of rotatable bonds is 5. The maximum Gasteiger partial charge on any atom is 0.261 e. The average molecular weight is 386 g/mol. The summed E-state index contributed by atoms with van der Waals surface area (Å²) in [6, 6.07) is 8.09. The van der Waals surface area contributed by atoms with Gasteiger partial charge in [0.25, 0.3) is 17.7 Å². The average Bonchev–Trinajstić information content (AvgIpc) is 2.87. The molecule has 27 heavy (non-hydrogen) atoms. The predicted octanol–water partition coefficient (Wildman–Crippen LogP) is 1.96. The van der Waals surface area contributed by atoms with Crippen LogP contribution in [0.25, 0.3) is 0 Å². The highest BCUT2D eigenvalue weighted by Gasteiger charge is 2.35. The highest BCUT2D eigenvalue weighted by molar-refractivity contribution is 6.31. The van der Waals surface area contributed by atoms with Gasteiger partial charge in [0.05, 0.1) is 22.8 Å². The molecule has 1 heterocycles. The van der Waals surface area contributed by atoms with Crippen LogP contribution in [-0.4, -0.2) is 35.1 Å². The topological polar surface area (TPSA) is 107 Å². The van der Waals surface area contributed by atoms with Crippen molar-refractivity contribution in [3.8, 4) is 0 Å². The SMILES string of the molecule is CCCN1C(=O)c2ccc(C(=O)Nc3ccc(Cl)cc3C(=O)[O-])cc2C1=O. The lowest BCUT2D eigenvalue weighted by Gasteiger charge is -2.12. The van der Waals surface area contributed by atoms with Crippen LogP contribution in [0.2, 0.25) is 5.02 Å². The van der Waals surface area contributed by atoms with Crippen LogP contribution < -0.4 is 10.4 Å². The minimum absolute atomic E-state index is 0.0138. The van der Waals surface area contributed by atoms with Gasteiger partial charge in [-0.05, 0) is 42.8 Å². The van der Waals surface area contributed by atoms with Gasteiger partial charge >= 0.3 is 0 Å². The molecule has 0 fully saturated rings. The standard InChI is InChI=1S/C19H15ClN2O5/c1-2-7-22-17(24)12-5-3-10(8-13(12)18(22)25)16(23)21-15-6-4-11(20)9-14(15)19(26)27/h3-6,8-9H,2,7H2,1H3,(H,21,23)(H,26,27)/p-1. The summed E-state index contributed by atoms with van der Waals surface area (Å²) < 4.78 is 0. The first kappa shape index (κ1) is 18.6. The number of carboxylic acid groups (broad SMARTS) is 1. The van der Waals surface area contributed by atoms with Crippen LogP contribution >= 0.6 is 11.6 Å². The van der Waals surface area contributed by atoms with E-state index in [9.17, 15) is 24.3 Å². The summed E-state index contributed by atoms with van der Waals surface area (Å²) in [6.45, 7) is 2.15. The molecule has 0 bridgehead atoms. The molecular formula is C19H14ClN2O5-. The van der Waals surface area contributed by atoms with Crippen molar-refractivity contribution in [1.82, 2.24) is 4.90 Å². The zero-order valence-electron chi connectivity index (χ0n) is 14.2. The molecule has 3 amide bonds. The first-order valence-electron chi connectivity index (χ1n) is 8.16. The van der Waals surface area contributed by atoms with Crippen molar-refractivity contribution in [1.29, 1.82) is 0 Å². The number of amides is 3. The summed E-state index contributed by atoms with van der Waals surface area (Å²) in [5, 5.41) is 13.9. The lowest BCUT2D eigenvalue weighted by Crippen LogP contribution is -2.30. The number of nitrogens with zero attached hydrogens (tertiary/aromatic N) is 1. The first-order valence-corrected chi connectivity index (χ1v) is 8.53. The lowest BCUT2D eigenvalue weighted by atomic mass is 10.0. The second kappa shape index (κ2) is 7.20. The normalized spacial score (nSPS) is 12.9. The molecule has 3 rings (SSSR count). The van der Waals surface area contributed by atoms with Gasteiger partial charge in [-0.25, -0.2) is 0 Å². The Bertz CT molecular complexity index is 986. The quantitative estimate of drug-likeness (QED) is 0.792. The van der Waals surface area contributed by atoms with E-state index in [0.29, 0.717) is 13.0 Å². The van der Waals surface area contributed by atoms with Crippen molar-refractivity contribution in [2.24, 2.45) is 0 Å². The zero-order chi connectivity index (χ0) is 19.7. The molecule has 1 aliphatic heterocycles. The Morgan fingerprint density at radius 1 is 1.07 bits per heavy atom. The van der Waals surface area contributed by atoms with Crippen molar-refractivity contribution in [3.63, 3.8) is 0 Å². The van der Waals surface area contributed by atoms with Crippen LogP contribution in [0.4, 0.5) is 5.69 Å². The Labute approximate surface area is 159 Å². The van der Waals surface area contributed by atoms with E-state index >= 15 is 0 Å². The van der Waals surface area contributed by atoms with E-state index in [2.05, 4.69) is 5.32 Å². The first-order chi connectivity index (χ1) is 12.8. The second-order valence-corrected chi connectivity index (χ2v) is 6.39. The van der Waals surface area contributed by atoms with Gasteiger partial charge in [0.2, 0.25) is 0 Å². The number of anilines is 1. The van der Waals surface area contributed by atoms with E-state index in [1.807, 2.05) is 6.92 Å². The van der Waals surface area contributed by atoms with E-state index in [1.54, 1.807) is 0 Å². The fraction of sp³-hybridized carbons (Fsp3) is 0.158. The Balaban J connectivity index is 1.90. The smallest absolute Gasteiger partial charge is 0.261 e. The van der Waals surface area contributed by atoms with Crippen LogP contribution in [-0.2, 0) is 0 Å². The molecule has 0 radical (unpaired) electrons. The van der Waals surface area contributed by atoms with Gasteiger partial charge in [-0.2, -0.15) is 0 Å². The summed E-state index contributed by atoms with van der Waals surface area (Å²) >= 11 is 5.77. The number of hydrogen-bond donors (Lipinski definition) is 1. The Hall–Kier alpha value is -3.19. The van der Waals surface area contributed by atoms with E-state index in [-0.39, 0.29) is 38.9 Å². The second-order valence-electron chi connectivity index (χ2n) is 5.95. The molecule has 0 spiro atoms. The number of carbonyl (C=O) groups is 4. The highest BCUT2D eigenvalue weighted by Crippen LogP contribution is 2.25. The lowest BCUT2D eigenvalue weighted by molar-refractivity contribution is -0.254. The summed E-state index contributed by atoms with van der Waals surface area (Å²) in [5.74, 6) is -2.95. The number of hydrogen-bond acceptors (Lipinski definition) is 5. The van der Waals surface area contributed by atoms with Crippen molar-refractivity contribution in [3.05, 3.63) is 63.7 Å². The zero-order valence-corrected chi connectivity index (χ0v) is 15.0. The van der Waals surface area contributed by atoms with E-state index in [4.69, 9.17) is 11.6 Å². The third-order valence-electron chi connectivity index (χ3n) is 4.13. The molecule has 2 aromatic rings. The number of carboxylic acids is 1. The largest absolute Gasteiger partial charge is 0.545 e. The van der Waals surface area contributed by atoms with Crippen LogP contribution in [0.5, 0.6) is 0 Å². The van der Waals surface area contributed by atoms with Gasteiger partial charge in [0, 0.05) is 22.7 Å². The monoisotopic (exact) mass is 385 g/mol. The number of carbonyl (C=O) groups excluding carboxylic acids is 4. The summed E-state index contributed by atoms with van der Waals surface area (Å²) in [7, 11) is 0. The molecule has 1 N–H and O–H groups in total. The highest BCUT2D eigenvalue weighted by atomic mass is 35.5. The third-order valence-corrected chi connectivity index (χ3v) is 4.36. The molecule has 0 aliphatic carbocycles. The van der Waals surface area contributed by atoms with E-state index < -0.39 is 17.8 Å². The van der Waals surface area contributed by atoms with E-state index in [1.165, 1.54) is 36.4 Å². The number of halogens is 1. The van der Waals surface area contributed by atoms with Crippen LogP contribution in [0, 0.1) is 0 Å². The molecular weight excluding hydrogens is 372 g/mol. The minimum atomic E-state index is -1.49. The van der Waals surface area contributed by atoms with Gasteiger partial charge in [-0.15, -0.1) is 0 Å². The van der Waals surface area contributed by atoms with Gasteiger partial charge in [-0.3, -0.25) is 19.3 Å². The third kappa shape index (κ3) is 3.41. The van der Waals surface area contributed by atoms with E-state index in [0.717, 1.165) is 4.90 Å². The molecule has 0 saturated heterocycles.